The van der Waals surface area contributed by atoms with Crippen molar-refractivity contribution in [3.63, 3.8) is 0 Å². The van der Waals surface area contributed by atoms with Crippen LogP contribution in [-0.2, 0) is 10.7 Å². The summed E-state index contributed by atoms with van der Waals surface area (Å²) < 4.78 is 15.4. The molecule has 0 spiro atoms. The van der Waals surface area contributed by atoms with E-state index in [1.165, 1.54) is 6.07 Å². The maximum absolute atomic E-state index is 13.7. The van der Waals surface area contributed by atoms with Gasteiger partial charge in [0.1, 0.15) is 17.7 Å². The van der Waals surface area contributed by atoms with Gasteiger partial charge in [-0.05, 0) is 31.9 Å². The van der Waals surface area contributed by atoms with Gasteiger partial charge in [0.05, 0.1) is 16.9 Å². The van der Waals surface area contributed by atoms with Crippen LogP contribution in [0.2, 0.25) is 0 Å². The van der Waals surface area contributed by atoms with E-state index in [0.29, 0.717) is 23.4 Å². The van der Waals surface area contributed by atoms with Gasteiger partial charge in [-0.25, -0.2) is 9.37 Å². The summed E-state index contributed by atoms with van der Waals surface area (Å²) in [7, 11) is 0. The second-order valence-corrected chi connectivity index (χ2v) is 5.36. The Balaban J connectivity index is 2.50. The van der Waals surface area contributed by atoms with Gasteiger partial charge in [-0.2, -0.15) is 0 Å². The number of carbonyl (C=O) groups excluding carboxylic acids is 1. The summed E-state index contributed by atoms with van der Waals surface area (Å²) in [4.78, 5) is 16.5. The first-order valence-corrected chi connectivity index (χ1v) is 7.53. The van der Waals surface area contributed by atoms with Crippen molar-refractivity contribution < 1.29 is 9.18 Å². The zero-order valence-corrected chi connectivity index (χ0v) is 13.2. The highest BCUT2D eigenvalue weighted by molar-refractivity contribution is 6.17. The largest absolute Gasteiger partial charge is 0.354 e. The molecule has 0 saturated carbocycles. The fourth-order valence-electron chi connectivity index (χ4n) is 2.31. The van der Waals surface area contributed by atoms with Gasteiger partial charge >= 0.3 is 0 Å². The van der Waals surface area contributed by atoms with Gasteiger partial charge in [0.2, 0.25) is 5.91 Å². The van der Waals surface area contributed by atoms with Crippen LogP contribution in [-0.4, -0.2) is 22.0 Å². The molecule has 1 aromatic carbocycles. The Labute approximate surface area is 128 Å². The normalized spacial score (nSPS) is 12.6. The van der Waals surface area contributed by atoms with Crippen LogP contribution >= 0.6 is 11.6 Å². The first-order chi connectivity index (χ1) is 9.99. The summed E-state index contributed by atoms with van der Waals surface area (Å²) in [6, 6.07) is 2.64. The molecule has 0 fully saturated rings. The molecular weight excluding hydrogens is 293 g/mol. The number of fused-ring (bicyclic) bond motifs is 1. The van der Waals surface area contributed by atoms with Crippen molar-refractivity contribution in [2.24, 2.45) is 0 Å². The number of carbonyl (C=O) groups is 1. The van der Waals surface area contributed by atoms with Gasteiger partial charge < -0.3 is 9.88 Å². The highest BCUT2D eigenvalue weighted by atomic mass is 35.5. The summed E-state index contributed by atoms with van der Waals surface area (Å²) in [6.07, 6.45) is 0.871. The van der Waals surface area contributed by atoms with Crippen molar-refractivity contribution in [3.8, 4) is 0 Å². The molecule has 21 heavy (non-hydrogen) atoms. The number of benzene rings is 1. The Kier molecular flexibility index (Phi) is 4.83. The fraction of sp³-hybridized carbons (Fsp3) is 0.467. The van der Waals surface area contributed by atoms with Crippen molar-refractivity contribution in [1.82, 2.24) is 14.9 Å². The molecule has 2 rings (SSSR count). The van der Waals surface area contributed by atoms with Gasteiger partial charge in [-0.1, -0.05) is 6.92 Å². The lowest BCUT2D eigenvalue weighted by molar-refractivity contribution is -0.123. The van der Waals surface area contributed by atoms with E-state index in [2.05, 4.69) is 10.3 Å². The monoisotopic (exact) mass is 311 g/mol. The number of alkyl halides is 1. The highest BCUT2D eigenvalue weighted by Crippen LogP contribution is 2.25. The van der Waals surface area contributed by atoms with Crippen LogP contribution in [0.1, 0.15) is 37.7 Å². The molecule has 0 aliphatic carbocycles. The van der Waals surface area contributed by atoms with E-state index in [9.17, 15) is 9.18 Å². The lowest BCUT2D eigenvalue weighted by Crippen LogP contribution is -2.32. The number of aryl methyl sites for hydroxylation is 1. The smallest absolute Gasteiger partial charge is 0.242 e. The minimum atomic E-state index is -0.444. The molecule has 4 nitrogen and oxygen atoms in total. The molecule has 1 aromatic heterocycles. The van der Waals surface area contributed by atoms with Crippen LogP contribution in [0.5, 0.6) is 0 Å². The quantitative estimate of drug-likeness (QED) is 0.861. The summed E-state index contributed by atoms with van der Waals surface area (Å²) in [5, 5.41) is 2.86. The number of amides is 1. The van der Waals surface area contributed by atoms with E-state index in [0.717, 1.165) is 11.9 Å². The van der Waals surface area contributed by atoms with Crippen molar-refractivity contribution >= 4 is 28.5 Å². The minimum absolute atomic E-state index is 0.0931. The molecule has 0 saturated heterocycles. The Morgan fingerprint density at radius 2 is 2.24 bits per heavy atom. The summed E-state index contributed by atoms with van der Waals surface area (Å²) >= 11 is 5.93. The van der Waals surface area contributed by atoms with Crippen molar-refractivity contribution in [1.29, 1.82) is 0 Å². The predicted octanol–water partition coefficient (Wildman–Crippen LogP) is 3.31. The fourth-order valence-corrected chi connectivity index (χ4v) is 2.50. The summed E-state index contributed by atoms with van der Waals surface area (Å²) in [6.45, 7) is 6.10. The Hall–Kier alpha value is -1.62. The van der Waals surface area contributed by atoms with Gasteiger partial charge in [-0.3, -0.25) is 4.79 Å². The van der Waals surface area contributed by atoms with Crippen LogP contribution < -0.4 is 5.32 Å². The topological polar surface area (TPSA) is 46.9 Å². The van der Waals surface area contributed by atoms with Crippen LogP contribution in [0.4, 0.5) is 4.39 Å². The van der Waals surface area contributed by atoms with Gasteiger partial charge in [0.15, 0.2) is 0 Å². The molecule has 2 aromatic rings. The Morgan fingerprint density at radius 3 is 2.86 bits per heavy atom. The van der Waals surface area contributed by atoms with Crippen LogP contribution in [0, 0.1) is 12.7 Å². The molecule has 114 valence electrons. The summed E-state index contributed by atoms with van der Waals surface area (Å²) in [5.41, 5.74) is 1.76. The molecule has 0 bridgehead atoms. The van der Waals surface area contributed by atoms with Gasteiger partial charge in [-0.15, -0.1) is 11.6 Å². The number of hydrogen-bond acceptors (Lipinski definition) is 2. The summed E-state index contributed by atoms with van der Waals surface area (Å²) in [5.74, 6) is 0.331. The number of nitrogens with one attached hydrogen (secondary N) is 1. The van der Waals surface area contributed by atoms with E-state index in [1.54, 1.807) is 24.5 Å². The van der Waals surface area contributed by atoms with E-state index in [1.807, 2.05) is 6.92 Å². The van der Waals surface area contributed by atoms with Crippen LogP contribution in [0.25, 0.3) is 11.0 Å². The number of aromatic nitrogens is 2. The third-order valence-electron chi connectivity index (χ3n) is 3.48. The Bertz CT molecular complexity index is 668. The number of nitrogens with zero attached hydrogens (tertiary/aromatic N) is 2. The lowest BCUT2D eigenvalue weighted by atomic mass is 10.2. The number of halogens is 2. The zero-order valence-electron chi connectivity index (χ0n) is 12.4. The lowest BCUT2D eigenvalue weighted by Gasteiger charge is -2.16. The molecule has 0 aliphatic rings. The third-order valence-corrected chi connectivity index (χ3v) is 3.72. The van der Waals surface area contributed by atoms with Gasteiger partial charge in [0, 0.05) is 12.6 Å². The molecule has 0 radical (unpaired) electrons. The number of imidazole rings is 1. The van der Waals surface area contributed by atoms with Crippen molar-refractivity contribution in [2.75, 3.05) is 6.54 Å². The van der Waals surface area contributed by atoms with E-state index in [-0.39, 0.29) is 17.6 Å². The number of rotatable bonds is 5. The van der Waals surface area contributed by atoms with Crippen LogP contribution in [0.15, 0.2) is 12.1 Å². The Morgan fingerprint density at radius 1 is 1.52 bits per heavy atom. The maximum atomic E-state index is 13.7. The molecular formula is C15H19ClFN3O. The van der Waals surface area contributed by atoms with Crippen molar-refractivity contribution in [2.45, 2.75) is 39.1 Å². The second kappa shape index (κ2) is 6.43. The maximum Gasteiger partial charge on any atom is 0.242 e. The molecule has 0 aliphatic heterocycles. The molecule has 1 unspecified atom stereocenters. The van der Waals surface area contributed by atoms with Crippen LogP contribution in [0.3, 0.4) is 0 Å². The standard InChI is InChI=1S/C15H19ClFN3O/c1-4-5-18-15(21)10(3)20-13-6-9(2)11(17)7-12(13)19-14(20)8-16/h6-7,10H,4-5,8H2,1-3H3,(H,18,21). The van der Waals surface area contributed by atoms with Crippen molar-refractivity contribution in [3.05, 3.63) is 29.3 Å². The average molecular weight is 312 g/mol. The number of hydrogen-bond donors (Lipinski definition) is 1. The second-order valence-electron chi connectivity index (χ2n) is 5.09. The van der Waals surface area contributed by atoms with E-state index >= 15 is 0 Å². The minimum Gasteiger partial charge on any atom is -0.354 e. The molecule has 1 heterocycles. The predicted molar refractivity (Wildman–Crippen MR) is 82.0 cm³/mol. The molecule has 1 N–H and O–H groups in total. The average Bonchev–Trinajstić information content (AvgIpc) is 2.81. The van der Waals surface area contributed by atoms with E-state index < -0.39 is 6.04 Å². The van der Waals surface area contributed by atoms with Gasteiger partial charge in [0.25, 0.3) is 0 Å². The molecule has 6 heteroatoms. The first-order valence-electron chi connectivity index (χ1n) is 7.00. The third kappa shape index (κ3) is 3.02. The zero-order chi connectivity index (χ0) is 15.6. The van der Waals surface area contributed by atoms with E-state index in [4.69, 9.17) is 11.6 Å². The molecule has 1 atom stereocenters. The first kappa shape index (κ1) is 15.8. The SMILES string of the molecule is CCCNC(=O)C(C)n1c(CCl)nc2cc(F)c(C)cc21. The molecule has 1 amide bonds. The highest BCUT2D eigenvalue weighted by Gasteiger charge is 2.21.